The third-order valence-electron chi connectivity index (χ3n) is 2.79. The molecule has 0 aliphatic heterocycles. The van der Waals surface area contributed by atoms with E-state index < -0.39 is 0 Å². The fraction of sp³-hybridized carbons (Fsp3) is 0.231. The second kappa shape index (κ2) is 4.31. The number of allylic oxidation sites excluding steroid dienone is 4. The Morgan fingerprint density at radius 2 is 2.25 bits per heavy atom. The van der Waals surface area contributed by atoms with Crippen LogP contribution in [-0.2, 0) is 0 Å². The molecule has 1 atom stereocenters. The standard InChI is InChI=1S/C13H13NO2/c1-10-5-4-6-11(9-10)12-7-2-3-8-13(12)14(15)16/h2-6,8-9,12H,7H2,1H3. The van der Waals surface area contributed by atoms with E-state index in [1.54, 1.807) is 12.2 Å². The van der Waals surface area contributed by atoms with E-state index in [-0.39, 0.29) is 16.5 Å². The normalized spacial score (nSPS) is 19.3. The number of hydrogen-bond donors (Lipinski definition) is 0. The Hall–Kier alpha value is -1.90. The molecule has 0 heterocycles. The summed E-state index contributed by atoms with van der Waals surface area (Å²) in [5.74, 6) is -0.111. The van der Waals surface area contributed by atoms with Crippen molar-refractivity contribution in [3.8, 4) is 0 Å². The van der Waals surface area contributed by atoms with Crippen molar-refractivity contribution in [3.05, 3.63) is 69.4 Å². The third kappa shape index (κ3) is 2.03. The Morgan fingerprint density at radius 1 is 1.44 bits per heavy atom. The van der Waals surface area contributed by atoms with Crippen LogP contribution in [0.2, 0.25) is 0 Å². The number of aryl methyl sites for hydroxylation is 1. The lowest BCUT2D eigenvalue weighted by Crippen LogP contribution is -2.12. The van der Waals surface area contributed by atoms with E-state index in [2.05, 4.69) is 0 Å². The Bertz CT molecular complexity index is 475. The van der Waals surface area contributed by atoms with Crippen LogP contribution >= 0.6 is 0 Å². The number of hydrogen-bond acceptors (Lipinski definition) is 2. The molecule has 3 nitrogen and oxygen atoms in total. The predicted octanol–water partition coefficient (Wildman–Crippen LogP) is 3.20. The van der Waals surface area contributed by atoms with Crippen LogP contribution < -0.4 is 0 Å². The van der Waals surface area contributed by atoms with Crippen molar-refractivity contribution in [2.45, 2.75) is 19.3 Å². The molecule has 1 aliphatic rings. The molecule has 2 rings (SSSR count). The topological polar surface area (TPSA) is 43.1 Å². The molecule has 0 radical (unpaired) electrons. The van der Waals surface area contributed by atoms with Crippen molar-refractivity contribution in [2.75, 3.05) is 0 Å². The zero-order valence-electron chi connectivity index (χ0n) is 9.09. The minimum absolute atomic E-state index is 0.111. The lowest BCUT2D eigenvalue weighted by Gasteiger charge is -2.15. The minimum atomic E-state index is -0.281. The van der Waals surface area contributed by atoms with Crippen molar-refractivity contribution < 1.29 is 4.92 Å². The molecular weight excluding hydrogens is 202 g/mol. The molecule has 0 spiro atoms. The highest BCUT2D eigenvalue weighted by Crippen LogP contribution is 2.31. The average molecular weight is 215 g/mol. The van der Waals surface area contributed by atoms with Gasteiger partial charge in [0, 0.05) is 6.08 Å². The monoisotopic (exact) mass is 215 g/mol. The molecule has 16 heavy (non-hydrogen) atoms. The van der Waals surface area contributed by atoms with Crippen LogP contribution in [0.1, 0.15) is 23.5 Å². The summed E-state index contributed by atoms with van der Waals surface area (Å²) in [5, 5.41) is 10.9. The molecule has 0 fully saturated rings. The Morgan fingerprint density at radius 3 is 2.94 bits per heavy atom. The van der Waals surface area contributed by atoms with Gasteiger partial charge in [-0.05, 0) is 18.9 Å². The van der Waals surface area contributed by atoms with Gasteiger partial charge in [0.05, 0.1) is 10.8 Å². The molecule has 0 amide bonds. The molecule has 82 valence electrons. The number of benzene rings is 1. The van der Waals surface area contributed by atoms with E-state index >= 15 is 0 Å². The molecule has 0 bridgehead atoms. The zero-order chi connectivity index (χ0) is 11.5. The Labute approximate surface area is 94.3 Å². The largest absolute Gasteiger partial charge is 0.259 e. The highest BCUT2D eigenvalue weighted by Gasteiger charge is 2.26. The molecule has 0 N–H and O–H groups in total. The molecule has 1 aliphatic carbocycles. The number of nitrogens with zero attached hydrogens (tertiary/aromatic N) is 1. The minimum Gasteiger partial charge on any atom is -0.259 e. The maximum Gasteiger partial charge on any atom is 0.253 e. The molecule has 3 heteroatoms. The summed E-state index contributed by atoms with van der Waals surface area (Å²) < 4.78 is 0. The third-order valence-corrected chi connectivity index (χ3v) is 2.79. The molecule has 1 unspecified atom stereocenters. The van der Waals surface area contributed by atoms with Gasteiger partial charge in [-0.25, -0.2) is 0 Å². The number of nitro groups is 1. The van der Waals surface area contributed by atoms with E-state index in [9.17, 15) is 10.1 Å². The molecule has 0 aromatic heterocycles. The smallest absolute Gasteiger partial charge is 0.253 e. The van der Waals surface area contributed by atoms with Crippen LogP contribution in [0, 0.1) is 17.0 Å². The number of rotatable bonds is 2. The summed E-state index contributed by atoms with van der Waals surface area (Å²) in [4.78, 5) is 10.6. The van der Waals surface area contributed by atoms with E-state index in [1.165, 1.54) is 0 Å². The predicted molar refractivity (Wildman–Crippen MR) is 62.8 cm³/mol. The van der Waals surface area contributed by atoms with Crippen molar-refractivity contribution in [2.24, 2.45) is 0 Å². The van der Waals surface area contributed by atoms with Gasteiger partial charge in [-0.1, -0.05) is 42.0 Å². The first-order valence-electron chi connectivity index (χ1n) is 5.26. The Kier molecular flexibility index (Phi) is 2.86. The van der Waals surface area contributed by atoms with Gasteiger partial charge < -0.3 is 0 Å². The van der Waals surface area contributed by atoms with Crippen LogP contribution in [0.5, 0.6) is 0 Å². The maximum atomic E-state index is 10.9. The quantitative estimate of drug-likeness (QED) is 0.561. The van der Waals surface area contributed by atoms with Crippen molar-refractivity contribution in [1.82, 2.24) is 0 Å². The van der Waals surface area contributed by atoms with Gasteiger partial charge in [0.15, 0.2) is 0 Å². The van der Waals surface area contributed by atoms with Crippen molar-refractivity contribution in [1.29, 1.82) is 0 Å². The zero-order valence-corrected chi connectivity index (χ0v) is 9.09. The van der Waals surface area contributed by atoms with Gasteiger partial charge in [-0.2, -0.15) is 0 Å². The van der Waals surface area contributed by atoms with Crippen LogP contribution in [0.25, 0.3) is 0 Å². The van der Waals surface area contributed by atoms with E-state index in [4.69, 9.17) is 0 Å². The Balaban J connectivity index is 2.37. The van der Waals surface area contributed by atoms with Gasteiger partial charge in [-0.3, -0.25) is 10.1 Å². The fourth-order valence-electron chi connectivity index (χ4n) is 2.00. The van der Waals surface area contributed by atoms with Gasteiger partial charge in [-0.15, -0.1) is 0 Å². The summed E-state index contributed by atoms with van der Waals surface area (Å²) in [6.07, 6.45) is 6.02. The van der Waals surface area contributed by atoms with Crippen LogP contribution in [-0.4, -0.2) is 4.92 Å². The van der Waals surface area contributed by atoms with E-state index in [1.807, 2.05) is 37.3 Å². The summed E-state index contributed by atoms with van der Waals surface area (Å²) in [5.41, 5.74) is 2.44. The van der Waals surface area contributed by atoms with Crippen LogP contribution in [0.15, 0.2) is 48.2 Å². The summed E-state index contributed by atoms with van der Waals surface area (Å²) in [6.45, 7) is 2.00. The van der Waals surface area contributed by atoms with Gasteiger partial charge in [0.1, 0.15) is 0 Å². The van der Waals surface area contributed by atoms with E-state index in [0.717, 1.165) is 11.1 Å². The molecular formula is C13H13NO2. The van der Waals surface area contributed by atoms with Crippen LogP contribution in [0.4, 0.5) is 0 Å². The van der Waals surface area contributed by atoms with Gasteiger partial charge >= 0.3 is 0 Å². The van der Waals surface area contributed by atoms with Crippen LogP contribution in [0.3, 0.4) is 0 Å². The van der Waals surface area contributed by atoms with Crippen molar-refractivity contribution in [3.63, 3.8) is 0 Å². The summed E-state index contributed by atoms with van der Waals surface area (Å²) in [7, 11) is 0. The lowest BCUT2D eigenvalue weighted by atomic mass is 9.89. The highest BCUT2D eigenvalue weighted by atomic mass is 16.6. The SMILES string of the molecule is Cc1cccc(C2CC=CC=C2[N+](=O)[O-])c1. The van der Waals surface area contributed by atoms with Gasteiger partial charge in [0.2, 0.25) is 0 Å². The average Bonchev–Trinajstić information content (AvgIpc) is 2.29. The first-order chi connectivity index (χ1) is 7.68. The first-order valence-corrected chi connectivity index (χ1v) is 5.26. The fourth-order valence-corrected chi connectivity index (χ4v) is 2.00. The molecule has 0 saturated heterocycles. The maximum absolute atomic E-state index is 10.9. The molecule has 1 aromatic carbocycles. The molecule has 0 saturated carbocycles. The first kappa shape index (κ1) is 10.6. The molecule has 1 aromatic rings. The second-order valence-corrected chi connectivity index (χ2v) is 3.98. The highest BCUT2D eigenvalue weighted by molar-refractivity contribution is 5.33. The summed E-state index contributed by atoms with van der Waals surface area (Å²) >= 11 is 0. The lowest BCUT2D eigenvalue weighted by molar-refractivity contribution is -0.430. The van der Waals surface area contributed by atoms with Gasteiger partial charge in [0.25, 0.3) is 5.70 Å². The summed E-state index contributed by atoms with van der Waals surface area (Å²) in [6, 6.07) is 7.91. The van der Waals surface area contributed by atoms with E-state index in [0.29, 0.717) is 6.42 Å². The second-order valence-electron chi connectivity index (χ2n) is 3.98. The van der Waals surface area contributed by atoms with Crippen molar-refractivity contribution >= 4 is 0 Å².